The number of furan rings is 1. The number of nitrogens with zero attached hydrogens (tertiary/aromatic N) is 2. The van der Waals surface area contributed by atoms with Gasteiger partial charge in [0, 0.05) is 31.8 Å². The summed E-state index contributed by atoms with van der Waals surface area (Å²) in [6, 6.07) is 15.0. The molecule has 3 aromatic rings. The Hall–Kier alpha value is -2.26. The van der Waals surface area contributed by atoms with Gasteiger partial charge in [-0.15, -0.1) is 0 Å². The molecule has 0 fully saturated rings. The second-order valence-electron chi connectivity index (χ2n) is 6.73. The number of hydrogen-bond donors (Lipinski definition) is 0. The molecule has 132 valence electrons. The molecule has 3 rings (SSSR count). The summed E-state index contributed by atoms with van der Waals surface area (Å²) in [7, 11) is 4.20. The van der Waals surface area contributed by atoms with Crippen LogP contribution in [0.5, 0.6) is 0 Å². The van der Waals surface area contributed by atoms with Gasteiger partial charge in [0.05, 0.1) is 5.69 Å². The Labute approximate surface area is 150 Å². The third kappa shape index (κ3) is 3.42. The van der Waals surface area contributed by atoms with E-state index < -0.39 is 0 Å². The molecule has 0 N–H and O–H groups in total. The summed E-state index contributed by atoms with van der Waals surface area (Å²) in [4.78, 5) is 4.61. The van der Waals surface area contributed by atoms with E-state index in [1.165, 1.54) is 22.0 Å². The molecule has 0 bridgehead atoms. The van der Waals surface area contributed by atoms with E-state index in [4.69, 9.17) is 4.42 Å². The van der Waals surface area contributed by atoms with Gasteiger partial charge in [0.1, 0.15) is 5.76 Å². The molecule has 0 spiro atoms. The number of hydrogen-bond acceptors (Lipinski definition) is 3. The van der Waals surface area contributed by atoms with Crippen molar-refractivity contribution >= 4 is 16.5 Å². The number of anilines is 1. The maximum absolute atomic E-state index is 6.26. The van der Waals surface area contributed by atoms with Crippen molar-refractivity contribution in [1.29, 1.82) is 0 Å². The molecule has 0 saturated heterocycles. The number of rotatable bonds is 6. The Balaban J connectivity index is 2.11. The highest BCUT2D eigenvalue weighted by Gasteiger charge is 2.22. The minimum absolute atomic E-state index is 0.920. The van der Waals surface area contributed by atoms with E-state index in [1.807, 2.05) is 0 Å². The lowest BCUT2D eigenvalue weighted by atomic mass is 10.0. The van der Waals surface area contributed by atoms with Gasteiger partial charge >= 0.3 is 0 Å². The van der Waals surface area contributed by atoms with Gasteiger partial charge in [0.15, 0.2) is 5.76 Å². The van der Waals surface area contributed by atoms with E-state index in [1.54, 1.807) is 0 Å². The van der Waals surface area contributed by atoms with E-state index in [0.717, 1.165) is 36.7 Å². The molecule has 0 aliphatic rings. The Morgan fingerprint density at radius 1 is 0.920 bits per heavy atom. The Morgan fingerprint density at radius 3 is 2.24 bits per heavy atom. The van der Waals surface area contributed by atoms with Crippen molar-refractivity contribution in [3.05, 3.63) is 53.8 Å². The van der Waals surface area contributed by atoms with Crippen LogP contribution >= 0.6 is 0 Å². The smallest absolute Gasteiger partial charge is 0.157 e. The quantitative estimate of drug-likeness (QED) is 0.608. The fourth-order valence-corrected chi connectivity index (χ4v) is 3.42. The number of fused-ring (bicyclic) bond motifs is 1. The van der Waals surface area contributed by atoms with Gasteiger partial charge in [-0.25, -0.2) is 0 Å². The molecule has 0 aliphatic heterocycles. The summed E-state index contributed by atoms with van der Waals surface area (Å²) in [5.41, 5.74) is 3.62. The summed E-state index contributed by atoms with van der Waals surface area (Å²) in [6.45, 7) is 9.50. The molecule has 0 saturated carbocycles. The molecular formula is C22H28N2O. The van der Waals surface area contributed by atoms with Crippen molar-refractivity contribution in [2.75, 3.05) is 32.1 Å². The topological polar surface area (TPSA) is 19.6 Å². The van der Waals surface area contributed by atoms with Crippen LogP contribution in [0.15, 0.2) is 46.9 Å². The predicted molar refractivity (Wildman–Crippen MR) is 107 cm³/mol. The molecule has 1 aromatic heterocycles. The lowest BCUT2D eigenvalue weighted by Gasteiger charge is -2.21. The molecule has 3 nitrogen and oxygen atoms in total. The van der Waals surface area contributed by atoms with Crippen LogP contribution in [0.2, 0.25) is 0 Å². The highest BCUT2D eigenvalue weighted by molar-refractivity contribution is 5.89. The summed E-state index contributed by atoms with van der Waals surface area (Å²) in [5, 5.41) is 2.49. The van der Waals surface area contributed by atoms with Crippen LogP contribution < -0.4 is 4.90 Å². The lowest BCUT2D eigenvalue weighted by Crippen LogP contribution is -2.23. The summed E-state index contributed by atoms with van der Waals surface area (Å²) in [6.07, 6.45) is 0. The van der Waals surface area contributed by atoms with E-state index in [-0.39, 0.29) is 0 Å². The largest absolute Gasteiger partial charge is 0.459 e. The fourth-order valence-electron chi connectivity index (χ4n) is 3.42. The highest BCUT2D eigenvalue weighted by atomic mass is 16.3. The molecule has 0 atom stereocenters. The first kappa shape index (κ1) is 17.6. The van der Waals surface area contributed by atoms with Crippen molar-refractivity contribution < 1.29 is 4.42 Å². The van der Waals surface area contributed by atoms with Crippen LogP contribution in [0, 0.1) is 6.92 Å². The minimum atomic E-state index is 0.920. The third-order valence-corrected chi connectivity index (χ3v) is 4.92. The summed E-state index contributed by atoms with van der Waals surface area (Å²) in [5.74, 6) is 1.98. The SMILES string of the molecule is CCN(CC)Cc1c(C)oc(-c2ccc3ccccc3c2)c1N(C)C. The lowest BCUT2D eigenvalue weighted by molar-refractivity contribution is 0.294. The van der Waals surface area contributed by atoms with Crippen molar-refractivity contribution in [2.24, 2.45) is 0 Å². The Morgan fingerprint density at radius 2 is 1.60 bits per heavy atom. The first-order valence-corrected chi connectivity index (χ1v) is 9.06. The van der Waals surface area contributed by atoms with Gasteiger partial charge in [-0.1, -0.05) is 50.2 Å². The van der Waals surface area contributed by atoms with Gasteiger partial charge in [0.25, 0.3) is 0 Å². The number of benzene rings is 2. The maximum atomic E-state index is 6.26. The summed E-state index contributed by atoms with van der Waals surface area (Å²) >= 11 is 0. The fraction of sp³-hybridized carbons (Fsp3) is 0.364. The van der Waals surface area contributed by atoms with Crippen molar-refractivity contribution in [3.8, 4) is 11.3 Å². The van der Waals surface area contributed by atoms with Crippen LogP contribution in [0.1, 0.15) is 25.2 Å². The standard InChI is InChI=1S/C22H28N2O/c1-6-24(7-2)15-20-16(3)25-22(21(20)23(4)5)19-13-12-17-10-8-9-11-18(17)14-19/h8-14H,6-7,15H2,1-5H3. The van der Waals surface area contributed by atoms with Crippen LogP contribution in [-0.2, 0) is 6.54 Å². The first-order chi connectivity index (χ1) is 12.0. The summed E-state index contributed by atoms with van der Waals surface area (Å²) < 4.78 is 6.26. The zero-order chi connectivity index (χ0) is 18.0. The number of aryl methyl sites for hydroxylation is 1. The zero-order valence-electron chi connectivity index (χ0n) is 16.0. The van der Waals surface area contributed by atoms with Gasteiger partial charge in [0.2, 0.25) is 0 Å². The van der Waals surface area contributed by atoms with Crippen LogP contribution in [-0.4, -0.2) is 32.1 Å². The molecule has 2 aromatic carbocycles. The van der Waals surface area contributed by atoms with Crippen molar-refractivity contribution in [2.45, 2.75) is 27.3 Å². The second-order valence-corrected chi connectivity index (χ2v) is 6.73. The molecule has 25 heavy (non-hydrogen) atoms. The molecule has 0 radical (unpaired) electrons. The van der Waals surface area contributed by atoms with E-state index >= 15 is 0 Å². The predicted octanol–water partition coefficient (Wildman–Crippen LogP) is 5.32. The molecule has 0 aliphatic carbocycles. The average Bonchev–Trinajstić information content (AvgIpc) is 2.95. The third-order valence-electron chi connectivity index (χ3n) is 4.92. The molecule has 0 unspecified atom stereocenters. The molecule has 0 amide bonds. The molecular weight excluding hydrogens is 308 g/mol. The van der Waals surface area contributed by atoms with Crippen LogP contribution in [0.3, 0.4) is 0 Å². The van der Waals surface area contributed by atoms with Crippen molar-refractivity contribution in [1.82, 2.24) is 4.90 Å². The van der Waals surface area contributed by atoms with Gasteiger partial charge in [-0.3, -0.25) is 4.90 Å². The first-order valence-electron chi connectivity index (χ1n) is 9.06. The minimum Gasteiger partial charge on any atom is -0.459 e. The monoisotopic (exact) mass is 336 g/mol. The molecule has 1 heterocycles. The second kappa shape index (κ2) is 7.32. The van der Waals surface area contributed by atoms with Gasteiger partial charge < -0.3 is 9.32 Å². The van der Waals surface area contributed by atoms with E-state index in [0.29, 0.717) is 0 Å². The zero-order valence-corrected chi connectivity index (χ0v) is 16.0. The van der Waals surface area contributed by atoms with Gasteiger partial charge in [-0.05, 0) is 36.9 Å². The normalized spacial score (nSPS) is 11.4. The van der Waals surface area contributed by atoms with Crippen molar-refractivity contribution in [3.63, 3.8) is 0 Å². The van der Waals surface area contributed by atoms with Gasteiger partial charge in [-0.2, -0.15) is 0 Å². The highest BCUT2D eigenvalue weighted by Crippen LogP contribution is 2.39. The molecule has 3 heteroatoms. The van der Waals surface area contributed by atoms with E-state index in [9.17, 15) is 0 Å². The Bertz CT molecular complexity index is 860. The van der Waals surface area contributed by atoms with Crippen LogP contribution in [0.25, 0.3) is 22.1 Å². The van der Waals surface area contributed by atoms with E-state index in [2.05, 4.69) is 87.1 Å². The Kier molecular flexibility index (Phi) is 5.14. The average molecular weight is 336 g/mol. The maximum Gasteiger partial charge on any atom is 0.157 e. The van der Waals surface area contributed by atoms with Crippen LogP contribution in [0.4, 0.5) is 5.69 Å².